The highest BCUT2D eigenvalue weighted by atomic mass is 32.2. The van der Waals surface area contributed by atoms with Gasteiger partial charge in [-0.2, -0.15) is 0 Å². The van der Waals surface area contributed by atoms with Crippen molar-refractivity contribution in [1.29, 1.82) is 0 Å². The van der Waals surface area contributed by atoms with E-state index in [0.29, 0.717) is 19.0 Å². The Labute approximate surface area is 98.8 Å². The number of nitrogen functional groups attached to an aromatic ring is 1. The molecule has 0 heterocycles. The van der Waals surface area contributed by atoms with Gasteiger partial charge in [0.15, 0.2) is 0 Å². The summed E-state index contributed by atoms with van der Waals surface area (Å²) < 4.78 is 18.1. The minimum Gasteiger partial charge on any atom is -0.396 e. The third-order valence-corrected chi connectivity index (χ3v) is 3.07. The van der Waals surface area contributed by atoms with E-state index in [0.717, 1.165) is 4.90 Å². The average Bonchev–Trinajstić information content (AvgIpc) is 2.28. The maximum Gasteiger partial charge on any atom is 0.147 e. The van der Waals surface area contributed by atoms with Gasteiger partial charge in [-0.25, -0.2) is 4.39 Å². The molecule has 1 atom stereocenters. The molecule has 0 spiro atoms. The van der Waals surface area contributed by atoms with Crippen LogP contribution < -0.4 is 5.73 Å². The van der Waals surface area contributed by atoms with Gasteiger partial charge in [0.05, 0.1) is 18.4 Å². The number of aliphatic hydroxyl groups is 1. The molecule has 1 aromatic rings. The van der Waals surface area contributed by atoms with Crippen molar-refractivity contribution in [2.24, 2.45) is 0 Å². The smallest absolute Gasteiger partial charge is 0.147 e. The van der Waals surface area contributed by atoms with Gasteiger partial charge in [0.1, 0.15) is 5.82 Å². The number of ether oxygens (including phenoxy) is 1. The van der Waals surface area contributed by atoms with Gasteiger partial charge >= 0.3 is 0 Å². The predicted molar refractivity (Wildman–Crippen MR) is 64.0 cm³/mol. The normalized spacial score (nSPS) is 12.7. The third kappa shape index (κ3) is 4.38. The largest absolute Gasteiger partial charge is 0.396 e. The van der Waals surface area contributed by atoms with Crippen LogP contribution in [0.5, 0.6) is 0 Å². The third-order valence-electron chi connectivity index (χ3n) is 1.93. The molecule has 0 saturated heterocycles. The molecule has 0 fully saturated rings. The molecule has 90 valence electrons. The molecule has 16 heavy (non-hydrogen) atoms. The van der Waals surface area contributed by atoms with E-state index in [2.05, 4.69) is 0 Å². The number of benzene rings is 1. The van der Waals surface area contributed by atoms with Crippen LogP contribution in [0.25, 0.3) is 0 Å². The summed E-state index contributed by atoms with van der Waals surface area (Å²) in [6.07, 6.45) is -0.537. The lowest BCUT2D eigenvalue weighted by atomic mass is 10.3. The first-order valence-electron chi connectivity index (χ1n) is 5.07. The first-order valence-corrected chi connectivity index (χ1v) is 6.05. The van der Waals surface area contributed by atoms with Crippen LogP contribution in [0.3, 0.4) is 0 Å². The Balaban J connectivity index is 2.39. The van der Waals surface area contributed by atoms with Crippen LogP contribution in [0.2, 0.25) is 0 Å². The molecule has 0 amide bonds. The summed E-state index contributed by atoms with van der Waals surface area (Å²) >= 11 is 1.38. The Hall–Kier alpha value is -0.780. The van der Waals surface area contributed by atoms with Crippen molar-refractivity contribution in [2.45, 2.75) is 17.9 Å². The maximum absolute atomic E-state index is 13.1. The van der Waals surface area contributed by atoms with Crippen LogP contribution in [-0.2, 0) is 4.74 Å². The van der Waals surface area contributed by atoms with Crippen LogP contribution >= 0.6 is 11.8 Å². The Bertz CT molecular complexity index is 336. The summed E-state index contributed by atoms with van der Waals surface area (Å²) in [5.41, 5.74) is 5.49. The van der Waals surface area contributed by atoms with E-state index in [1.165, 1.54) is 23.9 Å². The standard InChI is InChI=1S/C11H16FNO2S/c1-2-15-6-8(14)7-16-9-3-4-11(13)10(12)5-9/h3-5,8,14H,2,6-7,13H2,1H3. The molecule has 5 heteroatoms. The number of nitrogens with two attached hydrogens (primary N) is 1. The molecule has 1 unspecified atom stereocenters. The zero-order valence-electron chi connectivity index (χ0n) is 9.15. The summed E-state index contributed by atoms with van der Waals surface area (Å²) in [7, 11) is 0. The Morgan fingerprint density at radius 3 is 2.94 bits per heavy atom. The average molecular weight is 245 g/mol. The SMILES string of the molecule is CCOCC(O)CSc1ccc(N)c(F)c1. The molecule has 3 nitrogen and oxygen atoms in total. The number of thioether (sulfide) groups is 1. The summed E-state index contributed by atoms with van der Waals surface area (Å²) in [6, 6.07) is 4.62. The molecule has 1 aromatic carbocycles. The lowest BCUT2D eigenvalue weighted by Gasteiger charge is -2.10. The van der Waals surface area contributed by atoms with Crippen LogP contribution in [0.15, 0.2) is 23.1 Å². The minimum absolute atomic E-state index is 0.138. The highest BCUT2D eigenvalue weighted by Crippen LogP contribution is 2.22. The Morgan fingerprint density at radius 1 is 1.56 bits per heavy atom. The van der Waals surface area contributed by atoms with Crippen LogP contribution in [-0.4, -0.2) is 30.2 Å². The van der Waals surface area contributed by atoms with Crippen molar-refractivity contribution in [3.63, 3.8) is 0 Å². The van der Waals surface area contributed by atoms with E-state index in [4.69, 9.17) is 10.5 Å². The lowest BCUT2D eigenvalue weighted by molar-refractivity contribution is 0.0551. The minimum atomic E-state index is -0.537. The number of halogens is 1. The second-order valence-corrected chi connectivity index (χ2v) is 4.40. The fraction of sp³-hybridized carbons (Fsp3) is 0.455. The molecule has 0 saturated carbocycles. The van der Waals surface area contributed by atoms with Crippen LogP contribution in [0.4, 0.5) is 10.1 Å². The first-order chi connectivity index (χ1) is 7.63. The zero-order valence-corrected chi connectivity index (χ0v) is 9.97. The summed E-state index contributed by atoms with van der Waals surface area (Å²) in [5, 5.41) is 9.50. The monoisotopic (exact) mass is 245 g/mol. The van der Waals surface area contributed by atoms with Crippen LogP contribution in [0, 0.1) is 5.82 Å². The molecule has 0 aromatic heterocycles. The van der Waals surface area contributed by atoms with Crippen molar-refractivity contribution in [2.75, 3.05) is 24.7 Å². The van der Waals surface area contributed by atoms with E-state index < -0.39 is 11.9 Å². The van der Waals surface area contributed by atoms with Gasteiger partial charge in [-0.15, -0.1) is 11.8 Å². The second-order valence-electron chi connectivity index (χ2n) is 3.31. The highest BCUT2D eigenvalue weighted by Gasteiger charge is 2.06. The van der Waals surface area contributed by atoms with Crippen molar-refractivity contribution in [3.05, 3.63) is 24.0 Å². The zero-order chi connectivity index (χ0) is 12.0. The van der Waals surface area contributed by atoms with E-state index >= 15 is 0 Å². The van der Waals surface area contributed by atoms with Gasteiger partial charge in [-0.3, -0.25) is 0 Å². The number of hydrogen-bond donors (Lipinski definition) is 2. The molecule has 0 bridgehead atoms. The quantitative estimate of drug-likeness (QED) is 0.593. The van der Waals surface area contributed by atoms with Crippen LogP contribution in [0.1, 0.15) is 6.92 Å². The van der Waals surface area contributed by atoms with E-state index in [9.17, 15) is 9.50 Å². The number of hydrogen-bond acceptors (Lipinski definition) is 4. The summed E-state index contributed by atoms with van der Waals surface area (Å²) in [4.78, 5) is 0.752. The highest BCUT2D eigenvalue weighted by molar-refractivity contribution is 7.99. The van der Waals surface area contributed by atoms with Gasteiger partial charge in [0, 0.05) is 17.3 Å². The van der Waals surface area contributed by atoms with E-state index in [-0.39, 0.29) is 5.69 Å². The van der Waals surface area contributed by atoms with E-state index in [1.807, 2.05) is 6.92 Å². The predicted octanol–water partition coefficient (Wildman–Crippen LogP) is 1.90. The Kier molecular flexibility index (Phi) is 5.59. The van der Waals surface area contributed by atoms with Crippen molar-refractivity contribution >= 4 is 17.4 Å². The Morgan fingerprint density at radius 2 is 2.31 bits per heavy atom. The molecule has 0 aliphatic carbocycles. The molecule has 0 radical (unpaired) electrons. The maximum atomic E-state index is 13.1. The van der Waals surface area contributed by atoms with Gasteiger partial charge < -0.3 is 15.6 Å². The van der Waals surface area contributed by atoms with Crippen molar-refractivity contribution in [1.82, 2.24) is 0 Å². The fourth-order valence-corrected chi connectivity index (χ4v) is 1.92. The van der Waals surface area contributed by atoms with Gasteiger partial charge in [-0.1, -0.05) is 0 Å². The number of anilines is 1. The van der Waals surface area contributed by atoms with Gasteiger partial charge in [-0.05, 0) is 25.1 Å². The molecule has 0 aliphatic rings. The second kappa shape index (κ2) is 6.73. The number of rotatable bonds is 6. The first kappa shape index (κ1) is 13.3. The number of aliphatic hydroxyl groups excluding tert-OH is 1. The topological polar surface area (TPSA) is 55.5 Å². The van der Waals surface area contributed by atoms with Crippen molar-refractivity contribution < 1.29 is 14.2 Å². The summed E-state index contributed by atoms with van der Waals surface area (Å²) in [5.74, 6) is 0.0490. The van der Waals surface area contributed by atoms with Gasteiger partial charge in [0.25, 0.3) is 0 Å². The fourth-order valence-electron chi connectivity index (χ4n) is 1.09. The molecule has 0 aliphatic heterocycles. The summed E-state index contributed by atoms with van der Waals surface area (Å²) in [6.45, 7) is 2.76. The lowest BCUT2D eigenvalue weighted by Crippen LogP contribution is -2.17. The molecule has 3 N–H and O–H groups in total. The van der Waals surface area contributed by atoms with E-state index in [1.54, 1.807) is 6.07 Å². The molecule has 1 rings (SSSR count). The molecular weight excluding hydrogens is 229 g/mol. The van der Waals surface area contributed by atoms with Crippen molar-refractivity contribution in [3.8, 4) is 0 Å². The van der Waals surface area contributed by atoms with Gasteiger partial charge in [0.2, 0.25) is 0 Å². The molecular formula is C11H16FNO2S.